The molecule has 2 rings (SSSR count). The molecule has 3 nitrogen and oxygen atoms in total. The predicted molar refractivity (Wildman–Crippen MR) is 83.8 cm³/mol. The quantitative estimate of drug-likeness (QED) is 0.839. The topological polar surface area (TPSA) is 49.3 Å². The molecule has 21 heavy (non-hydrogen) atoms. The molecule has 0 fully saturated rings. The Hall–Kier alpha value is -1.88. The van der Waals surface area contributed by atoms with Crippen LogP contribution < -0.4 is 5.32 Å². The number of carbonyl (C=O) groups is 1. The fourth-order valence-electron chi connectivity index (χ4n) is 2.25. The van der Waals surface area contributed by atoms with E-state index in [0.717, 1.165) is 4.47 Å². The summed E-state index contributed by atoms with van der Waals surface area (Å²) in [5.41, 5.74) is -0.757. The highest BCUT2D eigenvalue weighted by molar-refractivity contribution is 9.10. The van der Waals surface area contributed by atoms with Crippen molar-refractivity contribution in [2.45, 2.75) is 18.9 Å². The van der Waals surface area contributed by atoms with Crippen molar-refractivity contribution < 1.29 is 14.3 Å². The standard InChI is InChI=1S/C16H15BrFNO2/c1-2-16(15(20)21,13-5-3-4-6-14(13)18)19-12-9-7-11(17)8-10-12/h3-10,19H,2H2,1H3,(H,20,21). The maximum Gasteiger partial charge on any atom is 0.334 e. The summed E-state index contributed by atoms with van der Waals surface area (Å²) in [4.78, 5) is 11.8. The van der Waals surface area contributed by atoms with Crippen LogP contribution in [0.15, 0.2) is 53.0 Å². The lowest BCUT2D eigenvalue weighted by Crippen LogP contribution is -2.43. The van der Waals surface area contributed by atoms with Crippen LogP contribution in [0, 0.1) is 5.82 Å². The van der Waals surface area contributed by atoms with E-state index in [9.17, 15) is 14.3 Å². The number of hydrogen-bond donors (Lipinski definition) is 2. The van der Waals surface area contributed by atoms with Crippen LogP contribution in [0.4, 0.5) is 10.1 Å². The van der Waals surface area contributed by atoms with Gasteiger partial charge in [-0.3, -0.25) is 0 Å². The Balaban J connectivity index is 2.50. The summed E-state index contributed by atoms with van der Waals surface area (Å²) in [6, 6.07) is 13.0. The molecule has 0 amide bonds. The molecule has 1 atom stereocenters. The van der Waals surface area contributed by atoms with E-state index < -0.39 is 17.3 Å². The molecule has 0 aromatic heterocycles. The van der Waals surface area contributed by atoms with Crippen LogP contribution in [-0.4, -0.2) is 11.1 Å². The van der Waals surface area contributed by atoms with Crippen LogP contribution in [-0.2, 0) is 10.3 Å². The number of carboxylic acids is 1. The maximum atomic E-state index is 14.1. The molecule has 0 bridgehead atoms. The summed E-state index contributed by atoms with van der Waals surface area (Å²) in [5, 5.41) is 12.6. The molecular weight excluding hydrogens is 337 g/mol. The normalized spacial score (nSPS) is 13.5. The van der Waals surface area contributed by atoms with Crippen LogP contribution in [0.5, 0.6) is 0 Å². The number of rotatable bonds is 5. The Labute approximate surface area is 130 Å². The lowest BCUT2D eigenvalue weighted by atomic mass is 9.86. The van der Waals surface area contributed by atoms with Gasteiger partial charge in [-0.05, 0) is 36.8 Å². The van der Waals surface area contributed by atoms with Crippen molar-refractivity contribution in [3.63, 3.8) is 0 Å². The van der Waals surface area contributed by atoms with Gasteiger partial charge in [0.1, 0.15) is 5.82 Å². The van der Waals surface area contributed by atoms with Crippen LogP contribution in [0.2, 0.25) is 0 Å². The molecule has 1 unspecified atom stereocenters. The van der Waals surface area contributed by atoms with Crippen molar-refractivity contribution in [3.8, 4) is 0 Å². The first kappa shape index (κ1) is 15.5. The van der Waals surface area contributed by atoms with Gasteiger partial charge in [0.25, 0.3) is 0 Å². The highest BCUT2D eigenvalue weighted by atomic mass is 79.9. The molecule has 2 N–H and O–H groups in total. The predicted octanol–water partition coefficient (Wildman–Crippen LogP) is 4.39. The average Bonchev–Trinajstić information content (AvgIpc) is 2.47. The van der Waals surface area contributed by atoms with Crippen LogP contribution in [0.25, 0.3) is 0 Å². The molecule has 0 saturated heterocycles. The number of nitrogens with one attached hydrogen (secondary N) is 1. The highest BCUT2D eigenvalue weighted by Crippen LogP contribution is 2.32. The summed E-state index contributed by atoms with van der Waals surface area (Å²) in [6.07, 6.45) is 0.208. The third-order valence-corrected chi connectivity index (χ3v) is 3.96. The molecule has 0 spiro atoms. The van der Waals surface area contributed by atoms with Crippen molar-refractivity contribution >= 4 is 27.6 Å². The molecule has 0 saturated carbocycles. The van der Waals surface area contributed by atoms with Gasteiger partial charge in [-0.15, -0.1) is 0 Å². The minimum Gasteiger partial charge on any atom is -0.479 e. The summed E-state index contributed by atoms with van der Waals surface area (Å²) in [7, 11) is 0. The Bertz CT molecular complexity index is 645. The first-order chi connectivity index (χ1) is 9.99. The first-order valence-corrected chi connectivity index (χ1v) is 7.31. The molecule has 0 aliphatic heterocycles. The van der Waals surface area contributed by atoms with Gasteiger partial charge in [0.2, 0.25) is 0 Å². The monoisotopic (exact) mass is 351 g/mol. The second kappa shape index (κ2) is 6.26. The molecule has 0 aliphatic rings. The summed E-state index contributed by atoms with van der Waals surface area (Å²) in [5.74, 6) is -1.65. The zero-order valence-corrected chi connectivity index (χ0v) is 13.0. The number of carboxylic acid groups (broad SMARTS) is 1. The number of benzene rings is 2. The summed E-state index contributed by atoms with van der Waals surface area (Å²) < 4.78 is 15.0. The van der Waals surface area contributed by atoms with Gasteiger partial charge in [0.05, 0.1) is 0 Å². The molecular formula is C16H15BrFNO2. The van der Waals surface area contributed by atoms with E-state index in [-0.39, 0.29) is 12.0 Å². The van der Waals surface area contributed by atoms with Crippen molar-refractivity contribution in [3.05, 3.63) is 64.4 Å². The highest BCUT2D eigenvalue weighted by Gasteiger charge is 2.40. The Morgan fingerprint density at radius 1 is 1.24 bits per heavy atom. The summed E-state index contributed by atoms with van der Waals surface area (Å²) >= 11 is 3.32. The van der Waals surface area contributed by atoms with E-state index in [1.165, 1.54) is 12.1 Å². The van der Waals surface area contributed by atoms with Crippen LogP contribution in [0.3, 0.4) is 0 Å². The number of halogens is 2. The van der Waals surface area contributed by atoms with E-state index in [1.807, 2.05) is 0 Å². The van der Waals surface area contributed by atoms with Crippen molar-refractivity contribution in [1.29, 1.82) is 0 Å². The van der Waals surface area contributed by atoms with Crippen molar-refractivity contribution in [2.24, 2.45) is 0 Å². The van der Waals surface area contributed by atoms with Gasteiger partial charge in [-0.25, -0.2) is 9.18 Å². The van der Waals surface area contributed by atoms with Gasteiger partial charge < -0.3 is 10.4 Å². The average molecular weight is 352 g/mol. The third-order valence-electron chi connectivity index (χ3n) is 3.43. The van der Waals surface area contributed by atoms with E-state index in [2.05, 4.69) is 21.2 Å². The second-order valence-corrected chi connectivity index (χ2v) is 5.59. The fraction of sp³-hybridized carbons (Fsp3) is 0.188. The largest absolute Gasteiger partial charge is 0.479 e. The number of anilines is 1. The third kappa shape index (κ3) is 3.08. The van der Waals surface area contributed by atoms with Crippen LogP contribution in [0.1, 0.15) is 18.9 Å². The second-order valence-electron chi connectivity index (χ2n) is 4.68. The molecule has 0 heterocycles. The SMILES string of the molecule is CCC(Nc1ccc(Br)cc1)(C(=O)O)c1ccccc1F. The minimum atomic E-state index is -1.50. The zero-order valence-electron chi connectivity index (χ0n) is 11.4. The van der Waals surface area contributed by atoms with Gasteiger partial charge in [-0.2, -0.15) is 0 Å². The van der Waals surface area contributed by atoms with E-state index >= 15 is 0 Å². The van der Waals surface area contributed by atoms with Crippen molar-refractivity contribution in [1.82, 2.24) is 0 Å². The van der Waals surface area contributed by atoms with Gasteiger partial charge in [0.15, 0.2) is 5.54 Å². The lowest BCUT2D eigenvalue weighted by molar-refractivity contribution is -0.143. The number of aliphatic carboxylic acids is 1. The zero-order chi connectivity index (χ0) is 15.5. The van der Waals surface area contributed by atoms with Gasteiger partial charge in [-0.1, -0.05) is 41.1 Å². The molecule has 2 aromatic rings. The van der Waals surface area contributed by atoms with E-state index in [1.54, 1.807) is 43.3 Å². The van der Waals surface area contributed by atoms with Crippen LogP contribution >= 0.6 is 15.9 Å². The summed E-state index contributed by atoms with van der Waals surface area (Å²) in [6.45, 7) is 1.71. The Kier molecular flexibility index (Phi) is 4.63. The van der Waals surface area contributed by atoms with E-state index in [4.69, 9.17) is 0 Å². The smallest absolute Gasteiger partial charge is 0.334 e. The van der Waals surface area contributed by atoms with E-state index in [0.29, 0.717) is 5.69 Å². The first-order valence-electron chi connectivity index (χ1n) is 6.52. The maximum absolute atomic E-state index is 14.1. The Morgan fingerprint density at radius 3 is 2.38 bits per heavy atom. The molecule has 0 radical (unpaired) electrons. The molecule has 5 heteroatoms. The molecule has 0 aliphatic carbocycles. The minimum absolute atomic E-state index is 0.128. The Morgan fingerprint density at radius 2 is 1.86 bits per heavy atom. The lowest BCUT2D eigenvalue weighted by Gasteiger charge is -2.31. The van der Waals surface area contributed by atoms with Gasteiger partial charge >= 0.3 is 5.97 Å². The van der Waals surface area contributed by atoms with Crippen molar-refractivity contribution in [2.75, 3.05) is 5.32 Å². The number of hydrogen-bond acceptors (Lipinski definition) is 2. The fourth-order valence-corrected chi connectivity index (χ4v) is 2.52. The molecule has 2 aromatic carbocycles. The van der Waals surface area contributed by atoms with Gasteiger partial charge in [0, 0.05) is 15.7 Å². The molecule has 110 valence electrons.